The van der Waals surface area contributed by atoms with Crippen LogP contribution in [0, 0.1) is 5.92 Å². The van der Waals surface area contributed by atoms with Crippen LogP contribution < -0.4 is 0 Å². The second-order valence-electron chi connectivity index (χ2n) is 3.64. The van der Waals surface area contributed by atoms with Gasteiger partial charge in [0.15, 0.2) is 12.2 Å². The van der Waals surface area contributed by atoms with Crippen molar-refractivity contribution in [1.29, 1.82) is 0 Å². The van der Waals surface area contributed by atoms with Crippen LogP contribution in [0.3, 0.4) is 0 Å². The molecule has 0 saturated heterocycles. The number of oxazole rings is 1. The summed E-state index contributed by atoms with van der Waals surface area (Å²) < 4.78 is 5.27. The third kappa shape index (κ3) is 1.95. The maximum atomic E-state index is 5.27. The fraction of sp³-hybridized carbons (Fsp3) is 0.417. The van der Waals surface area contributed by atoms with E-state index in [1.807, 2.05) is 6.92 Å². The van der Waals surface area contributed by atoms with Crippen LogP contribution in [0.5, 0.6) is 0 Å². The molecule has 2 nitrogen and oxygen atoms in total. The molecule has 0 aliphatic heterocycles. The summed E-state index contributed by atoms with van der Waals surface area (Å²) in [6.07, 6.45) is 2.51. The summed E-state index contributed by atoms with van der Waals surface area (Å²) in [5.41, 5.74) is 2.77. The van der Waals surface area contributed by atoms with Gasteiger partial charge in [0.2, 0.25) is 0 Å². The summed E-state index contributed by atoms with van der Waals surface area (Å²) in [5.74, 6) is 1.19. The van der Waals surface area contributed by atoms with Crippen LogP contribution in [0.15, 0.2) is 24.0 Å². The first-order valence-electron chi connectivity index (χ1n) is 4.86. The van der Waals surface area contributed by atoms with Gasteiger partial charge in [-0.3, -0.25) is 0 Å². The van der Waals surface area contributed by atoms with Gasteiger partial charge in [-0.15, -0.1) is 0 Å². The van der Waals surface area contributed by atoms with Crippen molar-refractivity contribution in [1.82, 2.24) is 4.98 Å². The lowest BCUT2D eigenvalue weighted by Gasteiger charge is -2.10. The average molecular weight is 191 g/mol. The van der Waals surface area contributed by atoms with Crippen LogP contribution in [-0.4, -0.2) is 4.98 Å². The molecule has 2 heteroatoms. The van der Waals surface area contributed by atoms with Crippen molar-refractivity contribution in [2.45, 2.75) is 27.2 Å². The van der Waals surface area contributed by atoms with Gasteiger partial charge in [-0.05, 0) is 30.4 Å². The first kappa shape index (κ1) is 10.8. The van der Waals surface area contributed by atoms with E-state index in [4.69, 9.17) is 4.42 Å². The fourth-order valence-electron chi connectivity index (χ4n) is 1.26. The van der Waals surface area contributed by atoms with Gasteiger partial charge in [0.1, 0.15) is 5.69 Å². The second-order valence-corrected chi connectivity index (χ2v) is 3.64. The summed E-state index contributed by atoms with van der Waals surface area (Å²) in [7, 11) is 0. The highest BCUT2D eigenvalue weighted by Gasteiger charge is 2.15. The van der Waals surface area contributed by atoms with Crippen molar-refractivity contribution < 1.29 is 4.42 Å². The number of hydrogen-bond donors (Lipinski definition) is 0. The molecule has 1 rings (SSSR count). The molecule has 0 fully saturated rings. The lowest BCUT2D eigenvalue weighted by molar-refractivity contribution is 0.543. The van der Waals surface area contributed by atoms with Crippen molar-refractivity contribution >= 4 is 11.1 Å². The molecule has 76 valence electrons. The van der Waals surface area contributed by atoms with E-state index in [1.54, 1.807) is 0 Å². The molecule has 1 aromatic rings. The van der Waals surface area contributed by atoms with Gasteiger partial charge in [0.25, 0.3) is 0 Å². The molecule has 0 spiro atoms. The van der Waals surface area contributed by atoms with Crippen molar-refractivity contribution in [3.8, 4) is 0 Å². The van der Waals surface area contributed by atoms with E-state index in [0.717, 1.165) is 29.0 Å². The number of nitrogens with zero attached hydrogens (tertiary/aromatic N) is 1. The molecule has 1 atom stereocenters. The SMILES string of the molecule is C=C(C)c1ocnc1C(=C)C(C)CC. The Morgan fingerprint density at radius 1 is 1.57 bits per heavy atom. The molecule has 0 amide bonds. The number of hydrogen-bond acceptors (Lipinski definition) is 2. The molecule has 0 saturated carbocycles. The summed E-state index contributed by atoms with van der Waals surface area (Å²) in [4.78, 5) is 4.18. The molecular weight excluding hydrogens is 174 g/mol. The smallest absolute Gasteiger partial charge is 0.182 e. The maximum absolute atomic E-state index is 5.27. The van der Waals surface area contributed by atoms with E-state index in [2.05, 4.69) is 32.0 Å². The Balaban J connectivity index is 3.01. The van der Waals surface area contributed by atoms with Crippen LogP contribution in [0.4, 0.5) is 0 Å². The summed E-state index contributed by atoms with van der Waals surface area (Å²) in [5, 5.41) is 0. The highest BCUT2D eigenvalue weighted by Crippen LogP contribution is 2.28. The molecule has 14 heavy (non-hydrogen) atoms. The van der Waals surface area contributed by atoms with E-state index in [1.165, 1.54) is 6.39 Å². The number of rotatable bonds is 4. The monoisotopic (exact) mass is 191 g/mol. The quantitative estimate of drug-likeness (QED) is 0.724. The lowest BCUT2D eigenvalue weighted by atomic mass is 9.95. The molecule has 0 N–H and O–H groups in total. The molecule has 0 aromatic carbocycles. The van der Waals surface area contributed by atoms with Crippen LogP contribution in [-0.2, 0) is 0 Å². The van der Waals surface area contributed by atoms with Crippen LogP contribution in [0.1, 0.15) is 38.6 Å². The Hall–Kier alpha value is -1.31. The molecule has 1 heterocycles. The molecule has 0 aliphatic rings. The molecule has 0 aliphatic carbocycles. The fourth-order valence-corrected chi connectivity index (χ4v) is 1.26. The standard InChI is InChI=1S/C12H17NO/c1-6-9(4)10(5)11-12(8(2)3)14-7-13-11/h7,9H,2,5-6H2,1,3-4H3. The second kappa shape index (κ2) is 4.27. The largest absolute Gasteiger partial charge is 0.443 e. The van der Waals surface area contributed by atoms with Crippen molar-refractivity contribution in [3.63, 3.8) is 0 Å². The van der Waals surface area contributed by atoms with Crippen LogP contribution in [0.25, 0.3) is 11.1 Å². The Kier molecular flexibility index (Phi) is 3.28. The van der Waals surface area contributed by atoms with Crippen molar-refractivity contribution in [2.75, 3.05) is 0 Å². The average Bonchev–Trinajstić information content (AvgIpc) is 2.63. The maximum Gasteiger partial charge on any atom is 0.182 e. The van der Waals surface area contributed by atoms with Crippen molar-refractivity contribution in [3.05, 3.63) is 31.0 Å². The minimum Gasteiger partial charge on any atom is -0.443 e. The van der Waals surface area contributed by atoms with Gasteiger partial charge < -0.3 is 4.42 Å². The summed E-state index contributed by atoms with van der Waals surface area (Å²) >= 11 is 0. The molecule has 1 aromatic heterocycles. The third-order valence-electron chi connectivity index (χ3n) is 2.47. The van der Waals surface area contributed by atoms with Gasteiger partial charge in [0.05, 0.1) is 0 Å². The first-order chi connectivity index (χ1) is 6.57. The zero-order chi connectivity index (χ0) is 10.7. The first-order valence-corrected chi connectivity index (χ1v) is 4.86. The van der Waals surface area contributed by atoms with Gasteiger partial charge in [-0.25, -0.2) is 4.98 Å². The Morgan fingerprint density at radius 3 is 2.71 bits per heavy atom. The van der Waals surface area contributed by atoms with Gasteiger partial charge in [-0.2, -0.15) is 0 Å². The Morgan fingerprint density at radius 2 is 2.21 bits per heavy atom. The molecule has 1 unspecified atom stereocenters. The predicted octanol–water partition coefficient (Wildman–Crippen LogP) is 3.77. The third-order valence-corrected chi connectivity index (χ3v) is 2.47. The van der Waals surface area contributed by atoms with E-state index in [-0.39, 0.29) is 0 Å². The van der Waals surface area contributed by atoms with Gasteiger partial charge in [0, 0.05) is 0 Å². The minimum absolute atomic E-state index is 0.429. The summed E-state index contributed by atoms with van der Waals surface area (Å²) in [6, 6.07) is 0. The predicted molar refractivity (Wildman–Crippen MR) is 59.7 cm³/mol. The minimum atomic E-state index is 0.429. The van der Waals surface area contributed by atoms with E-state index < -0.39 is 0 Å². The zero-order valence-electron chi connectivity index (χ0n) is 9.13. The Bertz CT molecular complexity index is 349. The highest BCUT2D eigenvalue weighted by atomic mass is 16.3. The van der Waals surface area contributed by atoms with E-state index in [9.17, 15) is 0 Å². The van der Waals surface area contributed by atoms with Crippen molar-refractivity contribution in [2.24, 2.45) is 5.92 Å². The number of aromatic nitrogens is 1. The van der Waals surface area contributed by atoms with Gasteiger partial charge >= 0.3 is 0 Å². The van der Waals surface area contributed by atoms with E-state index >= 15 is 0 Å². The van der Waals surface area contributed by atoms with Crippen LogP contribution in [0.2, 0.25) is 0 Å². The zero-order valence-corrected chi connectivity index (χ0v) is 9.13. The van der Waals surface area contributed by atoms with Gasteiger partial charge in [-0.1, -0.05) is 27.0 Å². The lowest BCUT2D eigenvalue weighted by Crippen LogP contribution is -1.98. The van der Waals surface area contributed by atoms with Crippen LogP contribution >= 0.6 is 0 Å². The molecule has 0 radical (unpaired) electrons. The number of allylic oxidation sites excluding steroid dienone is 2. The molecule has 0 bridgehead atoms. The Labute approximate surface area is 85.4 Å². The summed E-state index contributed by atoms with van der Waals surface area (Å²) in [6.45, 7) is 14.1. The van der Waals surface area contributed by atoms with E-state index in [0.29, 0.717) is 5.92 Å². The topological polar surface area (TPSA) is 26.0 Å². The normalized spacial score (nSPS) is 12.5. The molecular formula is C12H17NO. The highest BCUT2D eigenvalue weighted by molar-refractivity contribution is 5.72.